The fraction of sp³-hybridized carbons (Fsp3) is 0.182. The molecule has 2 heterocycles. The van der Waals surface area contributed by atoms with E-state index in [1.165, 1.54) is 29.7 Å². The zero-order valence-electron chi connectivity index (χ0n) is 10.1. The van der Waals surface area contributed by atoms with Crippen molar-refractivity contribution < 1.29 is 8.42 Å². The molecule has 0 saturated carbocycles. The first-order chi connectivity index (χ1) is 9.04. The summed E-state index contributed by atoms with van der Waals surface area (Å²) < 4.78 is 25.7. The summed E-state index contributed by atoms with van der Waals surface area (Å²) in [5.74, 6) is 0. The van der Waals surface area contributed by atoms with Crippen LogP contribution in [0.15, 0.2) is 35.6 Å². The fourth-order valence-corrected chi connectivity index (χ4v) is 2.59. The molecule has 2 aromatic rings. The summed E-state index contributed by atoms with van der Waals surface area (Å²) in [5.41, 5.74) is 0.934. The molecule has 0 unspecified atom stereocenters. The largest absolute Gasteiger partial charge is 0.285 e. The molecule has 0 saturated heterocycles. The van der Waals surface area contributed by atoms with Gasteiger partial charge in [-0.25, -0.2) is 13.4 Å². The van der Waals surface area contributed by atoms with Gasteiger partial charge in [-0.2, -0.15) is 14.7 Å². The second kappa shape index (κ2) is 5.17. The minimum absolute atomic E-state index is 0.0532. The second-order valence-corrected chi connectivity index (χ2v) is 5.90. The molecule has 0 aromatic carbocycles. The van der Waals surface area contributed by atoms with Crippen molar-refractivity contribution in [2.45, 2.75) is 11.4 Å². The van der Waals surface area contributed by atoms with Gasteiger partial charge in [-0.05, 0) is 12.1 Å². The zero-order valence-corrected chi connectivity index (χ0v) is 10.9. The summed E-state index contributed by atoms with van der Waals surface area (Å²) in [5, 5.41) is 15.0. The number of hydrogen-bond donors (Lipinski definition) is 1. The lowest BCUT2D eigenvalue weighted by atomic mass is 10.4. The highest BCUT2D eigenvalue weighted by Crippen LogP contribution is 2.15. The Morgan fingerprint density at radius 2 is 2.21 bits per heavy atom. The summed E-state index contributed by atoms with van der Waals surface area (Å²) in [7, 11) is -2.15. The van der Waals surface area contributed by atoms with Crippen molar-refractivity contribution in [1.82, 2.24) is 19.5 Å². The van der Waals surface area contributed by atoms with Gasteiger partial charge in [-0.3, -0.25) is 5.10 Å². The van der Waals surface area contributed by atoms with E-state index in [2.05, 4.69) is 15.2 Å². The van der Waals surface area contributed by atoms with Crippen LogP contribution in [-0.4, -0.2) is 35.0 Å². The van der Waals surface area contributed by atoms with Crippen LogP contribution in [0.2, 0.25) is 0 Å². The Kier molecular flexibility index (Phi) is 3.59. The van der Waals surface area contributed by atoms with Crippen LogP contribution >= 0.6 is 0 Å². The van der Waals surface area contributed by atoms with Gasteiger partial charge < -0.3 is 0 Å². The predicted molar refractivity (Wildman–Crippen MR) is 66.2 cm³/mol. The van der Waals surface area contributed by atoms with Gasteiger partial charge >= 0.3 is 0 Å². The molecule has 0 amide bonds. The summed E-state index contributed by atoms with van der Waals surface area (Å²) in [6, 6.07) is 4.58. The van der Waals surface area contributed by atoms with Crippen LogP contribution in [0.4, 0.5) is 0 Å². The molecule has 19 heavy (non-hydrogen) atoms. The van der Waals surface area contributed by atoms with Crippen LogP contribution in [-0.2, 0) is 16.6 Å². The smallest absolute Gasteiger partial charge is 0.244 e. The van der Waals surface area contributed by atoms with Gasteiger partial charge in [0.25, 0.3) is 0 Å². The maximum absolute atomic E-state index is 12.2. The molecular formula is C11H11N5O2S. The Morgan fingerprint density at radius 3 is 2.74 bits per heavy atom. The summed E-state index contributed by atoms with van der Waals surface area (Å²) in [4.78, 5) is 3.81. The molecule has 1 N–H and O–H groups in total. The highest BCUT2D eigenvalue weighted by atomic mass is 32.2. The van der Waals surface area contributed by atoms with Crippen molar-refractivity contribution in [1.29, 1.82) is 5.26 Å². The quantitative estimate of drug-likeness (QED) is 0.876. The molecule has 0 aliphatic carbocycles. The lowest BCUT2D eigenvalue weighted by molar-refractivity contribution is 0.466. The van der Waals surface area contributed by atoms with Crippen LogP contribution in [0.1, 0.15) is 11.3 Å². The molecule has 98 valence electrons. The molecule has 0 aliphatic rings. The molecule has 0 radical (unpaired) electrons. The van der Waals surface area contributed by atoms with Crippen molar-refractivity contribution in [2.75, 3.05) is 7.05 Å². The van der Waals surface area contributed by atoms with Crippen LogP contribution in [0.5, 0.6) is 0 Å². The first-order valence-corrected chi connectivity index (χ1v) is 6.78. The van der Waals surface area contributed by atoms with E-state index in [0.29, 0.717) is 0 Å². The van der Waals surface area contributed by atoms with Crippen molar-refractivity contribution in [2.24, 2.45) is 0 Å². The van der Waals surface area contributed by atoms with E-state index in [1.807, 2.05) is 6.07 Å². The van der Waals surface area contributed by atoms with E-state index in [4.69, 9.17) is 5.26 Å². The summed E-state index contributed by atoms with van der Waals surface area (Å²) >= 11 is 0. The van der Waals surface area contributed by atoms with Gasteiger partial charge in [-0.15, -0.1) is 0 Å². The predicted octanol–water partition coefficient (Wildman–Crippen LogP) is 0.497. The van der Waals surface area contributed by atoms with Crippen molar-refractivity contribution in [3.05, 3.63) is 42.0 Å². The van der Waals surface area contributed by atoms with Gasteiger partial charge in [0.15, 0.2) is 0 Å². The van der Waals surface area contributed by atoms with Gasteiger partial charge in [0.05, 0.1) is 6.20 Å². The third-order valence-corrected chi connectivity index (χ3v) is 4.31. The Bertz CT molecular complexity index is 686. The number of nitriles is 1. The van der Waals surface area contributed by atoms with Gasteiger partial charge in [0.1, 0.15) is 16.7 Å². The van der Waals surface area contributed by atoms with Crippen LogP contribution in [0.25, 0.3) is 0 Å². The van der Waals surface area contributed by atoms with Crippen molar-refractivity contribution in [3.8, 4) is 6.07 Å². The molecule has 8 heteroatoms. The molecule has 0 atom stereocenters. The SMILES string of the molecule is CN(Cc1cn[nH]c1)S(=O)(=O)c1ccc(C#N)nc1. The number of rotatable bonds is 4. The molecule has 0 spiro atoms. The van der Waals surface area contributed by atoms with Crippen molar-refractivity contribution in [3.63, 3.8) is 0 Å². The Labute approximate surface area is 110 Å². The number of hydrogen-bond acceptors (Lipinski definition) is 5. The minimum Gasteiger partial charge on any atom is -0.285 e. The first kappa shape index (κ1) is 13.2. The van der Waals surface area contributed by atoms with Gasteiger partial charge in [0, 0.05) is 31.5 Å². The van der Waals surface area contributed by atoms with E-state index >= 15 is 0 Å². The minimum atomic E-state index is -3.62. The lowest BCUT2D eigenvalue weighted by Crippen LogP contribution is -2.26. The molecule has 0 bridgehead atoms. The van der Waals surface area contributed by atoms with Crippen LogP contribution < -0.4 is 0 Å². The van der Waals surface area contributed by atoms with Crippen LogP contribution in [0.3, 0.4) is 0 Å². The van der Waals surface area contributed by atoms with E-state index in [-0.39, 0.29) is 17.1 Å². The summed E-state index contributed by atoms with van der Waals surface area (Å²) in [6.07, 6.45) is 4.37. The molecular weight excluding hydrogens is 266 g/mol. The monoisotopic (exact) mass is 277 g/mol. The number of aromatic amines is 1. The average Bonchev–Trinajstić information content (AvgIpc) is 2.91. The number of H-pyrrole nitrogens is 1. The standard InChI is InChI=1S/C11H11N5O2S/c1-16(8-9-5-14-15-6-9)19(17,18)11-3-2-10(4-12)13-7-11/h2-3,5-7H,8H2,1H3,(H,14,15). The Morgan fingerprint density at radius 1 is 1.42 bits per heavy atom. The van der Waals surface area contributed by atoms with E-state index in [0.717, 1.165) is 5.56 Å². The number of nitrogens with zero attached hydrogens (tertiary/aromatic N) is 4. The lowest BCUT2D eigenvalue weighted by Gasteiger charge is -2.15. The number of pyridine rings is 1. The molecule has 0 aliphatic heterocycles. The fourth-order valence-electron chi connectivity index (χ4n) is 1.49. The number of aromatic nitrogens is 3. The maximum Gasteiger partial charge on any atom is 0.244 e. The van der Waals surface area contributed by atoms with E-state index in [9.17, 15) is 8.42 Å². The highest BCUT2D eigenvalue weighted by molar-refractivity contribution is 7.89. The second-order valence-electron chi connectivity index (χ2n) is 3.86. The topological polar surface area (TPSA) is 103 Å². The molecule has 0 fully saturated rings. The Balaban J connectivity index is 2.23. The molecule has 2 aromatic heterocycles. The number of sulfonamides is 1. The van der Waals surface area contributed by atoms with E-state index < -0.39 is 10.0 Å². The first-order valence-electron chi connectivity index (χ1n) is 5.34. The highest BCUT2D eigenvalue weighted by Gasteiger charge is 2.21. The maximum atomic E-state index is 12.2. The normalized spacial score (nSPS) is 11.4. The van der Waals surface area contributed by atoms with Gasteiger partial charge in [-0.1, -0.05) is 0 Å². The average molecular weight is 277 g/mol. The van der Waals surface area contributed by atoms with Gasteiger partial charge in [0.2, 0.25) is 10.0 Å². The third-order valence-electron chi connectivity index (χ3n) is 2.52. The van der Waals surface area contributed by atoms with E-state index in [1.54, 1.807) is 12.4 Å². The zero-order chi connectivity index (χ0) is 13.9. The van der Waals surface area contributed by atoms with Crippen LogP contribution in [0, 0.1) is 11.3 Å². The summed E-state index contributed by atoms with van der Waals surface area (Å²) in [6.45, 7) is 0.207. The Hall–Kier alpha value is -2.24. The molecule has 2 rings (SSSR count). The molecule has 7 nitrogen and oxygen atoms in total. The van der Waals surface area contributed by atoms with Crippen molar-refractivity contribution >= 4 is 10.0 Å². The number of nitrogens with one attached hydrogen (secondary N) is 1. The third kappa shape index (κ3) is 2.78.